The molecule has 4 rings (SSSR count). The summed E-state index contributed by atoms with van der Waals surface area (Å²) in [4.78, 5) is 14.1. The molecule has 2 aromatic carbocycles. The molecule has 2 aromatic rings. The summed E-state index contributed by atoms with van der Waals surface area (Å²) in [5.41, 5.74) is 2.07. The van der Waals surface area contributed by atoms with Gasteiger partial charge < -0.3 is 9.64 Å². The number of hydrogen-bond acceptors (Lipinski definition) is 4. The molecular formula is C21H20Cl2N2O4S. The van der Waals surface area contributed by atoms with Gasteiger partial charge in [0, 0.05) is 38.7 Å². The summed E-state index contributed by atoms with van der Waals surface area (Å²) < 4.78 is 32.7. The van der Waals surface area contributed by atoms with Crippen LogP contribution in [0.3, 0.4) is 0 Å². The molecule has 158 valence electrons. The van der Waals surface area contributed by atoms with Crippen LogP contribution in [-0.4, -0.2) is 56.3 Å². The lowest BCUT2D eigenvalue weighted by Crippen LogP contribution is -2.50. The number of rotatable bonds is 4. The second-order valence-corrected chi connectivity index (χ2v) is 9.77. The molecule has 0 bridgehead atoms. The van der Waals surface area contributed by atoms with Crippen molar-refractivity contribution in [3.8, 4) is 5.75 Å². The summed E-state index contributed by atoms with van der Waals surface area (Å²) in [6, 6.07) is 10.4. The minimum Gasteiger partial charge on any atom is -0.493 e. The molecule has 30 heavy (non-hydrogen) atoms. The van der Waals surface area contributed by atoms with Gasteiger partial charge in [0.1, 0.15) is 10.6 Å². The SMILES string of the molecule is O=C(/C=C/c1ccc2c(c1)CCO2)N1CCN(S(=O)(=O)c2c(Cl)cccc2Cl)CC1. The first kappa shape index (κ1) is 21.2. The minimum absolute atomic E-state index is 0.0867. The van der Waals surface area contributed by atoms with Gasteiger partial charge in [-0.15, -0.1) is 0 Å². The Hall–Kier alpha value is -2.06. The van der Waals surface area contributed by atoms with Crippen molar-refractivity contribution in [2.45, 2.75) is 11.3 Å². The number of fused-ring (bicyclic) bond motifs is 1. The van der Waals surface area contributed by atoms with E-state index in [-0.39, 0.29) is 33.9 Å². The van der Waals surface area contributed by atoms with Crippen LogP contribution in [0.4, 0.5) is 0 Å². The van der Waals surface area contributed by atoms with Gasteiger partial charge in [-0.2, -0.15) is 4.31 Å². The van der Waals surface area contributed by atoms with Gasteiger partial charge in [0.25, 0.3) is 0 Å². The van der Waals surface area contributed by atoms with Crippen LogP contribution in [0.5, 0.6) is 5.75 Å². The fourth-order valence-electron chi connectivity index (χ4n) is 3.59. The maximum Gasteiger partial charge on any atom is 0.246 e. The Kier molecular flexibility index (Phi) is 6.06. The van der Waals surface area contributed by atoms with Gasteiger partial charge in [-0.05, 0) is 41.5 Å². The zero-order valence-electron chi connectivity index (χ0n) is 16.1. The molecule has 6 nitrogen and oxygen atoms in total. The van der Waals surface area contributed by atoms with Crippen LogP contribution in [-0.2, 0) is 21.2 Å². The molecule has 0 spiro atoms. The van der Waals surface area contributed by atoms with E-state index in [1.165, 1.54) is 22.5 Å². The number of ether oxygens (including phenoxy) is 1. The van der Waals surface area contributed by atoms with E-state index in [4.69, 9.17) is 27.9 Å². The van der Waals surface area contributed by atoms with Gasteiger partial charge in [-0.25, -0.2) is 8.42 Å². The van der Waals surface area contributed by atoms with Crippen LogP contribution in [0.2, 0.25) is 10.0 Å². The highest BCUT2D eigenvalue weighted by Gasteiger charge is 2.32. The third-order valence-electron chi connectivity index (χ3n) is 5.20. The number of piperazine rings is 1. The maximum atomic E-state index is 12.9. The largest absolute Gasteiger partial charge is 0.493 e. The zero-order valence-corrected chi connectivity index (χ0v) is 18.4. The first-order valence-corrected chi connectivity index (χ1v) is 11.7. The second-order valence-electron chi connectivity index (χ2n) is 7.08. The van der Waals surface area contributed by atoms with E-state index in [0.29, 0.717) is 19.7 Å². The lowest BCUT2D eigenvalue weighted by atomic mass is 10.1. The smallest absolute Gasteiger partial charge is 0.246 e. The van der Waals surface area contributed by atoms with Crippen molar-refractivity contribution in [2.75, 3.05) is 32.8 Å². The first-order valence-electron chi connectivity index (χ1n) is 9.53. The molecule has 0 radical (unpaired) electrons. The number of amides is 1. The quantitative estimate of drug-likeness (QED) is 0.646. The molecule has 0 aromatic heterocycles. The molecule has 9 heteroatoms. The van der Waals surface area contributed by atoms with Crippen molar-refractivity contribution in [1.29, 1.82) is 0 Å². The van der Waals surface area contributed by atoms with E-state index in [9.17, 15) is 13.2 Å². The zero-order chi connectivity index (χ0) is 21.3. The van der Waals surface area contributed by atoms with E-state index in [1.54, 1.807) is 17.0 Å². The van der Waals surface area contributed by atoms with Gasteiger partial charge in [0.15, 0.2) is 0 Å². The highest BCUT2D eigenvalue weighted by molar-refractivity contribution is 7.89. The van der Waals surface area contributed by atoms with Crippen molar-refractivity contribution in [3.63, 3.8) is 0 Å². The van der Waals surface area contributed by atoms with Gasteiger partial charge in [0.05, 0.1) is 16.7 Å². The van der Waals surface area contributed by atoms with Crippen LogP contribution in [0.1, 0.15) is 11.1 Å². The highest BCUT2D eigenvalue weighted by atomic mass is 35.5. The fourth-order valence-corrected chi connectivity index (χ4v) is 6.10. The molecular weight excluding hydrogens is 447 g/mol. The standard InChI is InChI=1S/C21H20Cl2N2O4S/c22-17-2-1-3-18(23)21(17)30(27,28)25-11-9-24(10-12-25)20(26)7-5-15-4-6-19-16(14-15)8-13-29-19/h1-7,14H,8-13H2/b7-5+. The Morgan fingerprint density at radius 3 is 2.43 bits per heavy atom. The van der Waals surface area contributed by atoms with Gasteiger partial charge >= 0.3 is 0 Å². The van der Waals surface area contributed by atoms with Gasteiger partial charge in [-0.3, -0.25) is 4.79 Å². The summed E-state index contributed by atoms with van der Waals surface area (Å²) in [5, 5.41) is 0.173. The fraction of sp³-hybridized carbons (Fsp3) is 0.286. The van der Waals surface area contributed by atoms with Crippen LogP contribution >= 0.6 is 23.2 Å². The number of carbonyl (C=O) groups is 1. The molecule has 0 unspecified atom stereocenters. The Morgan fingerprint density at radius 2 is 1.73 bits per heavy atom. The van der Waals surface area contributed by atoms with Crippen LogP contribution in [0, 0.1) is 0 Å². The van der Waals surface area contributed by atoms with Crippen molar-refractivity contribution in [2.24, 2.45) is 0 Å². The average Bonchev–Trinajstić information content (AvgIpc) is 3.19. The van der Waals surface area contributed by atoms with Gasteiger partial charge in [0.2, 0.25) is 15.9 Å². The van der Waals surface area contributed by atoms with Crippen LogP contribution in [0.25, 0.3) is 6.08 Å². The normalized spacial score (nSPS) is 17.2. The monoisotopic (exact) mass is 466 g/mol. The summed E-state index contributed by atoms with van der Waals surface area (Å²) in [6.45, 7) is 1.64. The van der Waals surface area contributed by atoms with Crippen LogP contribution < -0.4 is 4.74 Å². The highest BCUT2D eigenvalue weighted by Crippen LogP contribution is 2.32. The van der Waals surface area contributed by atoms with Crippen molar-refractivity contribution in [3.05, 3.63) is 63.6 Å². The summed E-state index contributed by atoms with van der Waals surface area (Å²) in [5.74, 6) is 0.744. The Balaban J connectivity index is 1.40. The van der Waals surface area contributed by atoms with Crippen LogP contribution in [0.15, 0.2) is 47.4 Å². The predicted molar refractivity (Wildman–Crippen MR) is 116 cm³/mol. The molecule has 2 aliphatic rings. The summed E-state index contributed by atoms with van der Waals surface area (Å²) in [6.07, 6.45) is 4.16. The number of halogens is 2. The average molecular weight is 467 g/mol. The molecule has 1 saturated heterocycles. The molecule has 0 aliphatic carbocycles. The molecule has 2 aliphatic heterocycles. The second kappa shape index (κ2) is 8.59. The van der Waals surface area contributed by atoms with Crippen molar-refractivity contribution >= 4 is 45.2 Å². The van der Waals surface area contributed by atoms with E-state index in [0.717, 1.165) is 23.3 Å². The summed E-state index contributed by atoms with van der Waals surface area (Å²) in [7, 11) is -3.83. The maximum absolute atomic E-state index is 12.9. The number of carbonyl (C=O) groups excluding carboxylic acids is 1. The number of sulfonamides is 1. The first-order chi connectivity index (χ1) is 14.4. The Morgan fingerprint density at radius 1 is 1.03 bits per heavy atom. The van der Waals surface area contributed by atoms with Crippen molar-refractivity contribution < 1.29 is 17.9 Å². The molecule has 1 fully saturated rings. The van der Waals surface area contributed by atoms with E-state index in [2.05, 4.69) is 0 Å². The molecule has 0 N–H and O–H groups in total. The topological polar surface area (TPSA) is 66.9 Å². The third kappa shape index (κ3) is 4.21. The lowest BCUT2D eigenvalue weighted by molar-refractivity contribution is -0.127. The molecule has 0 saturated carbocycles. The number of hydrogen-bond donors (Lipinski definition) is 0. The van der Waals surface area contributed by atoms with E-state index in [1.807, 2.05) is 18.2 Å². The van der Waals surface area contributed by atoms with Crippen molar-refractivity contribution in [1.82, 2.24) is 9.21 Å². The minimum atomic E-state index is -3.83. The van der Waals surface area contributed by atoms with E-state index >= 15 is 0 Å². The molecule has 2 heterocycles. The Labute approximate surface area is 185 Å². The molecule has 1 amide bonds. The van der Waals surface area contributed by atoms with E-state index < -0.39 is 10.0 Å². The third-order valence-corrected chi connectivity index (χ3v) is 8.05. The summed E-state index contributed by atoms with van der Waals surface area (Å²) >= 11 is 12.2. The molecule has 0 atom stereocenters. The Bertz CT molecular complexity index is 1090. The van der Waals surface area contributed by atoms with Gasteiger partial charge in [-0.1, -0.05) is 35.3 Å². The number of benzene rings is 2. The lowest BCUT2D eigenvalue weighted by Gasteiger charge is -2.33. The number of nitrogens with zero attached hydrogens (tertiary/aromatic N) is 2. The predicted octanol–water partition coefficient (Wildman–Crippen LogP) is 3.47.